The van der Waals surface area contributed by atoms with Crippen molar-refractivity contribution in [2.24, 2.45) is 0 Å². The van der Waals surface area contributed by atoms with Crippen LogP contribution < -0.4 is 5.32 Å². The minimum absolute atomic E-state index is 0.00501. The van der Waals surface area contributed by atoms with Crippen molar-refractivity contribution in [1.29, 1.82) is 0 Å². The molecule has 0 aliphatic carbocycles. The molecule has 1 aromatic carbocycles. The number of urea groups is 1. The van der Waals surface area contributed by atoms with E-state index in [0.717, 1.165) is 69.2 Å². The molecule has 1 fully saturated rings. The summed E-state index contributed by atoms with van der Waals surface area (Å²) >= 11 is 0. The summed E-state index contributed by atoms with van der Waals surface area (Å²) in [6, 6.07) is 6.12. The van der Waals surface area contributed by atoms with Gasteiger partial charge in [0.15, 0.2) is 0 Å². The molecule has 142 valence electrons. The monoisotopic (exact) mass is 356 g/mol. The van der Waals surface area contributed by atoms with Crippen LogP contribution in [0.3, 0.4) is 0 Å². The summed E-state index contributed by atoms with van der Waals surface area (Å²) in [6.07, 6.45) is 3.86. The molecule has 1 aromatic rings. The van der Waals surface area contributed by atoms with Crippen LogP contribution in [0.25, 0.3) is 0 Å². The average molecular weight is 357 g/mol. The lowest BCUT2D eigenvalue weighted by Gasteiger charge is -2.35. The van der Waals surface area contributed by atoms with Crippen LogP contribution in [0, 0.1) is 13.8 Å². The molecule has 1 N–H and O–H groups in total. The van der Waals surface area contributed by atoms with Crippen molar-refractivity contribution in [2.45, 2.75) is 13.8 Å². The largest absolute Gasteiger partial charge is 0.322 e. The third-order valence-electron chi connectivity index (χ3n) is 4.64. The Morgan fingerprint density at radius 2 is 1.65 bits per heavy atom. The quantitative estimate of drug-likeness (QED) is 0.728. The van der Waals surface area contributed by atoms with Crippen molar-refractivity contribution in [3.8, 4) is 0 Å². The van der Waals surface area contributed by atoms with E-state index in [1.165, 1.54) is 0 Å². The fraction of sp³-hybridized carbons (Fsp3) is 0.476. The van der Waals surface area contributed by atoms with Crippen molar-refractivity contribution in [2.75, 3.05) is 57.7 Å². The lowest BCUT2D eigenvalue weighted by molar-refractivity contribution is 0.137. The maximum absolute atomic E-state index is 12.5. The summed E-state index contributed by atoms with van der Waals surface area (Å²) in [5, 5.41) is 3.03. The second kappa shape index (κ2) is 10.1. The topological polar surface area (TPSA) is 38.8 Å². The van der Waals surface area contributed by atoms with E-state index in [0.29, 0.717) is 0 Å². The minimum Gasteiger partial charge on any atom is -0.322 e. The van der Waals surface area contributed by atoms with E-state index in [1.54, 1.807) is 0 Å². The van der Waals surface area contributed by atoms with Crippen LogP contribution in [0.5, 0.6) is 0 Å². The molecule has 5 nitrogen and oxygen atoms in total. The first-order valence-electron chi connectivity index (χ1n) is 9.32. The summed E-state index contributed by atoms with van der Waals surface area (Å²) < 4.78 is 0. The number of aryl methyl sites for hydroxylation is 2. The number of amides is 2. The van der Waals surface area contributed by atoms with E-state index >= 15 is 0 Å². The summed E-state index contributed by atoms with van der Waals surface area (Å²) in [6.45, 7) is 18.8. The van der Waals surface area contributed by atoms with Gasteiger partial charge in [-0.25, -0.2) is 4.79 Å². The first kappa shape index (κ1) is 20.2. The van der Waals surface area contributed by atoms with Gasteiger partial charge in [-0.15, -0.1) is 13.2 Å². The van der Waals surface area contributed by atoms with Gasteiger partial charge in [-0.05, 0) is 37.1 Å². The van der Waals surface area contributed by atoms with E-state index in [1.807, 2.05) is 43.0 Å². The molecular formula is C21H32N4O. The van der Waals surface area contributed by atoms with Crippen LogP contribution in [-0.4, -0.2) is 73.1 Å². The summed E-state index contributed by atoms with van der Waals surface area (Å²) in [5.41, 5.74) is 3.20. The standard InChI is InChI=1S/C21H32N4O/c1-5-7-23(8-6-2)9-10-24-11-13-25(14-12-24)21(26)22-20-16-18(3)15-19(4)17-20/h5-6,15-17H,1-2,7-14H2,3-4H3,(H,22,26). The number of carbonyl (C=O) groups is 1. The molecule has 1 aliphatic rings. The lowest BCUT2D eigenvalue weighted by Crippen LogP contribution is -2.51. The summed E-state index contributed by atoms with van der Waals surface area (Å²) in [4.78, 5) is 19.1. The second-order valence-corrected chi connectivity index (χ2v) is 6.97. The van der Waals surface area contributed by atoms with Gasteiger partial charge in [0.1, 0.15) is 0 Å². The Morgan fingerprint density at radius 3 is 2.19 bits per heavy atom. The van der Waals surface area contributed by atoms with Gasteiger partial charge in [0, 0.05) is 58.0 Å². The van der Waals surface area contributed by atoms with Crippen molar-refractivity contribution in [1.82, 2.24) is 14.7 Å². The molecule has 0 bridgehead atoms. The number of carbonyl (C=O) groups excluding carboxylic acids is 1. The minimum atomic E-state index is -0.00501. The summed E-state index contributed by atoms with van der Waals surface area (Å²) in [7, 11) is 0. The molecule has 0 atom stereocenters. The molecule has 0 saturated carbocycles. The van der Waals surface area contributed by atoms with E-state index in [4.69, 9.17) is 0 Å². The second-order valence-electron chi connectivity index (χ2n) is 6.97. The highest BCUT2D eigenvalue weighted by Gasteiger charge is 2.21. The van der Waals surface area contributed by atoms with Crippen molar-refractivity contribution < 1.29 is 4.79 Å². The van der Waals surface area contributed by atoms with Crippen LogP contribution >= 0.6 is 0 Å². The van der Waals surface area contributed by atoms with E-state index in [2.05, 4.69) is 34.3 Å². The highest BCUT2D eigenvalue weighted by molar-refractivity contribution is 5.89. The van der Waals surface area contributed by atoms with Gasteiger partial charge < -0.3 is 10.2 Å². The van der Waals surface area contributed by atoms with Crippen molar-refractivity contribution in [3.05, 3.63) is 54.6 Å². The zero-order valence-electron chi connectivity index (χ0n) is 16.2. The predicted octanol–water partition coefficient (Wildman–Crippen LogP) is 3.13. The van der Waals surface area contributed by atoms with Gasteiger partial charge in [0.2, 0.25) is 0 Å². The normalized spacial score (nSPS) is 15.1. The smallest absolute Gasteiger partial charge is 0.321 e. The third-order valence-corrected chi connectivity index (χ3v) is 4.64. The predicted molar refractivity (Wildman–Crippen MR) is 110 cm³/mol. The van der Waals surface area contributed by atoms with Crippen LogP contribution in [0.1, 0.15) is 11.1 Å². The van der Waals surface area contributed by atoms with Crippen molar-refractivity contribution in [3.63, 3.8) is 0 Å². The Labute approximate surface area is 158 Å². The zero-order valence-corrected chi connectivity index (χ0v) is 16.2. The Balaban J connectivity index is 1.77. The zero-order chi connectivity index (χ0) is 18.9. The Bertz CT molecular complexity index is 590. The Kier molecular flexibility index (Phi) is 7.88. The van der Waals surface area contributed by atoms with Crippen LogP contribution in [0.2, 0.25) is 0 Å². The fourth-order valence-corrected chi connectivity index (χ4v) is 3.33. The first-order valence-corrected chi connectivity index (χ1v) is 9.32. The molecule has 0 radical (unpaired) electrons. The van der Waals surface area contributed by atoms with E-state index < -0.39 is 0 Å². The Morgan fingerprint density at radius 1 is 1.08 bits per heavy atom. The lowest BCUT2D eigenvalue weighted by atomic mass is 10.1. The number of benzene rings is 1. The number of nitrogens with zero attached hydrogens (tertiary/aromatic N) is 3. The number of hydrogen-bond donors (Lipinski definition) is 1. The van der Waals surface area contributed by atoms with Crippen LogP contribution in [-0.2, 0) is 0 Å². The van der Waals surface area contributed by atoms with Gasteiger partial charge in [-0.2, -0.15) is 0 Å². The molecule has 1 aliphatic heterocycles. The maximum atomic E-state index is 12.5. The molecule has 1 saturated heterocycles. The van der Waals surface area contributed by atoms with Crippen molar-refractivity contribution >= 4 is 11.7 Å². The van der Waals surface area contributed by atoms with Gasteiger partial charge in [0.05, 0.1) is 0 Å². The van der Waals surface area contributed by atoms with E-state index in [9.17, 15) is 4.79 Å². The molecule has 1 heterocycles. The first-order chi connectivity index (χ1) is 12.5. The Hall–Kier alpha value is -2.11. The molecule has 5 heteroatoms. The summed E-state index contributed by atoms with van der Waals surface area (Å²) in [5.74, 6) is 0. The van der Waals surface area contributed by atoms with Gasteiger partial charge in [-0.1, -0.05) is 18.2 Å². The molecule has 2 amide bonds. The van der Waals surface area contributed by atoms with E-state index in [-0.39, 0.29) is 6.03 Å². The average Bonchev–Trinajstić information content (AvgIpc) is 2.59. The highest BCUT2D eigenvalue weighted by atomic mass is 16.2. The highest BCUT2D eigenvalue weighted by Crippen LogP contribution is 2.15. The number of nitrogens with one attached hydrogen (secondary N) is 1. The molecule has 0 spiro atoms. The number of anilines is 1. The molecule has 0 unspecified atom stereocenters. The van der Waals surface area contributed by atoms with Gasteiger partial charge >= 0.3 is 6.03 Å². The molecular weight excluding hydrogens is 324 g/mol. The fourth-order valence-electron chi connectivity index (χ4n) is 3.33. The molecule has 0 aromatic heterocycles. The maximum Gasteiger partial charge on any atom is 0.321 e. The SMILES string of the molecule is C=CCN(CC=C)CCN1CCN(C(=O)Nc2cc(C)cc(C)c2)CC1. The van der Waals surface area contributed by atoms with Crippen LogP contribution in [0.15, 0.2) is 43.5 Å². The number of hydrogen-bond acceptors (Lipinski definition) is 3. The van der Waals surface area contributed by atoms with Crippen LogP contribution in [0.4, 0.5) is 10.5 Å². The molecule has 2 rings (SSSR count). The third kappa shape index (κ3) is 6.32. The molecule has 26 heavy (non-hydrogen) atoms. The number of piperazine rings is 1. The van der Waals surface area contributed by atoms with Gasteiger partial charge in [-0.3, -0.25) is 9.80 Å². The van der Waals surface area contributed by atoms with Gasteiger partial charge in [0.25, 0.3) is 0 Å². The number of rotatable bonds is 8.